The van der Waals surface area contributed by atoms with Crippen molar-refractivity contribution in [3.63, 3.8) is 0 Å². The van der Waals surface area contributed by atoms with Crippen LogP contribution in [0.3, 0.4) is 0 Å². The van der Waals surface area contributed by atoms with Gasteiger partial charge in [0, 0.05) is 5.69 Å². The van der Waals surface area contributed by atoms with Crippen molar-refractivity contribution in [2.45, 2.75) is 0 Å². The lowest BCUT2D eigenvalue weighted by Gasteiger charge is -2.11. The summed E-state index contributed by atoms with van der Waals surface area (Å²) in [5, 5.41) is 4.66. The number of anilines is 3. The van der Waals surface area contributed by atoms with Gasteiger partial charge in [-0.1, -0.05) is 40.9 Å². The predicted molar refractivity (Wildman–Crippen MR) is 75.6 cm³/mol. The monoisotopic (exact) mass is 286 g/mol. The minimum atomic E-state index is 0.515. The lowest BCUT2D eigenvalue weighted by atomic mass is 10.2. The van der Waals surface area contributed by atoms with Crippen LogP contribution in [-0.2, 0) is 0 Å². The lowest BCUT2D eigenvalue weighted by Crippen LogP contribution is -1.94. The third-order valence-electron chi connectivity index (χ3n) is 2.22. The Balaban J connectivity index is 2.38. The summed E-state index contributed by atoms with van der Waals surface area (Å²) in [6.45, 7) is 0. The molecule has 2 aromatic rings. The van der Waals surface area contributed by atoms with Gasteiger partial charge in [-0.25, -0.2) is 0 Å². The fraction of sp³-hybridized carbons (Fsp3) is 0. The van der Waals surface area contributed by atoms with E-state index in [0.29, 0.717) is 32.1 Å². The fourth-order valence-electron chi connectivity index (χ4n) is 1.38. The maximum absolute atomic E-state index is 6.06. The molecule has 0 saturated carbocycles. The van der Waals surface area contributed by atoms with Crippen LogP contribution < -0.4 is 11.1 Å². The highest BCUT2D eigenvalue weighted by molar-refractivity contribution is 6.39. The molecule has 0 heterocycles. The molecule has 2 aromatic carbocycles. The van der Waals surface area contributed by atoms with E-state index in [9.17, 15) is 0 Å². The predicted octanol–water partition coefficient (Wildman–Crippen LogP) is 4.97. The number of nitrogen functional groups attached to an aromatic ring is 1. The maximum Gasteiger partial charge on any atom is 0.0763 e. The van der Waals surface area contributed by atoms with E-state index < -0.39 is 0 Å². The molecule has 5 heteroatoms. The molecule has 0 radical (unpaired) electrons. The average molecular weight is 288 g/mol. The summed E-state index contributed by atoms with van der Waals surface area (Å²) >= 11 is 18.2. The Morgan fingerprint density at radius 3 is 2.12 bits per heavy atom. The van der Waals surface area contributed by atoms with Crippen LogP contribution in [0.2, 0.25) is 15.1 Å². The molecule has 3 N–H and O–H groups in total. The summed E-state index contributed by atoms with van der Waals surface area (Å²) in [6, 6.07) is 10.5. The van der Waals surface area contributed by atoms with E-state index in [1.807, 2.05) is 0 Å². The quantitative estimate of drug-likeness (QED) is 0.765. The maximum atomic E-state index is 6.06. The zero-order valence-corrected chi connectivity index (χ0v) is 10.9. The molecule has 17 heavy (non-hydrogen) atoms. The Kier molecular flexibility index (Phi) is 3.67. The first kappa shape index (κ1) is 12.4. The van der Waals surface area contributed by atoms with Crippen molar-refractivity contribution in [2.24, 2.45) is 0 Å². The van der Waals surface area contributed by atoms with E-state index in [1.165, 1.54) is 0 Å². The SMILES string of the molecule is Nc1ccc(Nc2c(Cl)cccc2Cl)c(Cl)c1. The molecule has 0 spiro atoms. The highest BCUT2D eigenvalue weighted by Crippen LogP contribution is 2.35. The first-order chi connectivity index (χ1) is 8.08. The van der Waals surface area contributed by atoms with Crippen LogP contribution in [0, 0.1) is 0 Å². The van der Waals surface area contributed by atoms with E-state index in [0.717, 1.165) is 0 Å². The van der Waals surface area contributed by atoms with Crippen molar-refractivity contribution in [2.75, 3.05) is 11.1 Å². The number of hydrogen-bond acceptors (Lipinski definition) is 2. The molecule has 0 aliphatic rings. The topological polar surface area (TPSA) is 38.0 Å². The molecule has 0 saturated heterocycles. The first-order valence-electron chi connectivity index (χ1n) is 4.84. The van der Waals surface area contributed by atoms with E-state index in [1.54, 1.807) is 36.4 Å². The number of hydrogen-bond donors (Lipinski definition) is 2. The van der Waals surface area contributed by atoms with Gasteiger partial charge in [-0.05, 0) is 30.3 Å². The van der Waals surface area contributed by atoms with E-state index in [4.69, 9.17) is 40.5 Å². The molecular formula is C12H9Cl3N2. The van der Waals surface area contributed by atoms with E-state index in [2.05, 4.69) is 5.32 Å². The van der Waals surface area contributed by atoms with Crippen LogP contribution >= 0.6 is 34.8 Å². The summed E-state index contributed by atoms with van der Waals surface area (Å²) < 4.78 is 0. The molecule has 0 aromatic heterocycles. The van der Waals surface area contributed by atoms with E-state index in [-0.39, 0.29) is 0 Å². The third kappa shape index (κ3) is 2.78. The zero-order chi connectivity index (χ0) is 12.4. The highest BCUT2D eigenvalue weighted by Gasteiger charge is 2.07. The van der Waals surface area contributed by atoms with Gasteiger partial charge < -0.3 is 11.1 Å². The first-order valence-corrected chi connectivity index (χ1v) is 5.97. The van der Waals surface area contributed by atoms with Gasteiger partial charge in [-0.2, -0.15) is 0 Å². The van der Waals surface area contributed by atoms with Crippen molar-refractivity contribution < 1.29 is 0 Å². The van der Waals surface area contributed by atoms with Gasteiger partial charge in [0.1, 0.15) is 0 Å². The van der Waals surface area contributed by atoms with Crippen molar-refractivity contribution in [3.05, 3.63) is 51.5 Å². The van der Waals surface area contributed by atoms with Gasteiger partial charge in [0.15, 0.2) is 0 Å². The summed E-state index contributed by atoms with van der Waals surface area (Å²) in [4.78, 5) is 0. The smallest absolute Gasteiger partial charge is 0.0763 e. The number of para-hydroxylation sites is 1. The number of nitrogens with two attached hydrogens (primary N) is 1. The summed E-state index contributed by atoms with van der Waals surface area (Å²) in [5.41, 5.74) is 7.55. The van der Waals surface area contributed by atoms with Gasteiger partial charge in [0.25, 0.3) is 0 Å². The van der Waals surface area contributed by atoms with E-state index >= 15 is 0 Å². The van der Waals surface area contributed by atoms with Crippen LogP contribution in [0.5, 0.6) is 0 Å². The summed E-state index contributed by atoms with van der Waals surface area (Å²) in [5.74, 6) is 0. The van der Waals surface area contributed by atoms with Crippen LogP contribution in [0.1, 0.15) is 0 Å². The van der Waals surface area contributed by atoms with Gasteiger partial charge in [-0.15, -0.1) is 0 Å². The largest absolute Gasteiger partial charge is 0.399 e. The second-order valence-corrected chi connectivity index (χ2v) is 4.68. The number of benzene rings is 2. The van der Waals surface area contributed by atoms with Crippen molar-refractivity contribution in [1.29, 1.82) is 0 Å². The van der Waals surface area contributed by atoms with Crippen LogP contribution in [-0.4, -0.2) is 0 Å². The standard InChI is InChI=1S/C12H9Cl3N2/c13-8-2-1-3-9(14)12(8)17-11-5-4-7(16)6-10(11)15/h1-6,17H,16H2. The molecule has 88 valence electrons. The highest BCUT2D eigenvalue weighted by atomic mass is 35.5. The second-order valence-electron chi connectivity index (χ2n) is 3.46. The minimum Gasteiger partial charge on any atom is -0.399 e. The molecule has 0 amide bonds. The average Bonchev–Trinajstić information content (AvgIpc) is 2.26. The number of rotatable bonds is 2. The number of nitrogens with one attached hydrogen (secondary N) is 1. The Morgan fingerprint density at radius 1 is 0.882 bits per heavy atom. The lowest BCUT2D eigenvalue weighted by molar-refractivity contribution is 1.55. The third-order valence-corrected chi connectivity index (χ3v) is 3.16. The molecule has 2 rings (SSSR count). The van der Waals surface area contributed by atoms with Crippen LogP contribution in [0.25, 0.3) is 0 Å². The van der Waals surface area contributed by atoms with Gasteiger partial charge >= 0.3 is 0 Å². The van der Waals surface area contributed by atoms with Gasteiger partial charge in [-0.3, -0.25) is 0 Å². The molecule has 0 unspecified atom stereocenters. The van der Waals surface area contributed by atoms with Gasteiger partial charge in [0.05, 0.1) is 26.4 Å². The summed E-state index contributed by atoms with van der Waals surface area (Å²) in [7, 11) is 0. The fourth-order valence-corrected chi connectivity index (χ4v) is 2.11. The van der Waals surface area contributed by atoms with Crippen molar-refractivity contribution in [1.82, 2.24) is 0 Å². The van der Waals surface area contributed by atoms with Gasteiger partial charge in [0.2, 0.25) is 0 Å². The second kappa shape index (κ2) is 5.05. The van der Waals surface area contributed by atoms with Crippen molar-refractivity contribution in [3.8, 4) is 0 Å². The normalized spacial score (nSPS) is 10.3. The van der Waals surface area contributed by atoms with Crippen LogP contribution in [0.4, 0.5) is 17.1 Å². The molecular weight excluding hydrogens is 279 g/mol. The number of halogens is 3. The molecule has 0 fully saturated rings. The molecule has 0 bridgehead atoms. The Bertz CT molecular complexity index is 535. The molecule has 0 aliphatic carbocycles. The van der Waals surface area contributed by atoms with Crippen LogP contribution in [0.15, 0.2) is 36.4 Å². The molecule has 0 aliphatic heterocycles. The summed E-state index contributed by atoms with van der Waals surface area (Å²) in [6.07, 6.45) is 0. The van der Waals surface area contributed by atoms with Crippen molar-refractivity contribution >= 4 is 51.9 Å². The minimum absolute atomic E-state index is 0.515. The Hall–Kier alpha value is -1.09. The molecule has 0 atom stereocenters. The zero-order valence-electron chi connectivity index (χ0n) is 8.68. The Labute approximate surface area is 114 Å². The Morgan fingerprint density at radius 2 is 1.53 bits per heavy atom. The molecule has 2 nitrogen and oxygen atoms in total.